The van der Waals surface area contributed by atoms with Gasteiger partial charge >= 0.3 is 0 Å². The van der Waals surface area contributed by atoms with Gasteiger partial charge in [0, 0.05) is 7.05 Å². The number of nitrogens with zero attached hydrogens (tertiary/aromatic N) is 1. The van der Waals surface area contributed by atoms with Crippen LogP contribution in [-0.4, -0.2) is 42.9 Å². The highest BCUT2D eigenvalue weighted by Crippen LogP contribution is 2.29. The first-order chi connectivity index (χ1) is 9.99. The molecule has 2 rings (SSSR count). The summed E-state index contributed by atoms with van der Waals surface area (Å²) in [5.41, 5.74) is 0.366. The lowest BCUT2D eigenvalue weighted by Gasteiger charge is -2.21. The first kappa shape index (κ1) is 19.0. The van der Waals surface area contributed by atoms with Gasteiger partial charge in [-0.15, -0.1) is 12.4 Å². The van der Waals surface area contributed by atoms with Crippen LogP contribution in [0.15, 0.2) is 18.2 Å². The number of para-hydroxylation sites is 1. The van der Waals surface area contributed by atoms with Crippen LogP contribution in [0, 0.1) is 0 Å². The monoisotopic (exact) mass is 365 g/mol. The normalized spacial score (nSPS) is 16.8. The Balaban J connectivity index is 0.00000242. The molecule has 0 spiro atoms. The Labute approximate surface area is 145 Å². The molecule has 1 saturated heterocycles. The number of amides is 2. The largest absolute Gasteiger partial charge is 0.335 e. The van der Waals surface area contributed by atoms with E-state index < -0.39 is 0 Å². The fourth-order valence-electron chi connectivity index (χ4n) is 2.25. The molecule has 0 aromatic heterocycles. The van der Waals surface area contributed by atoms with E-state index in [2.05, 4.69) is 10.6 Å². The van der Waals surface area contributed by atoms with Crippen molar-refractivity contribution in [1.82, 2.24) is 10.2 Å². The molecule has 0 radical (unpaired) electrons. The van der Waals surface area contributed by atoms with E-state index >= 15 is 0 Å². The van der Waals surface area contributed by atoms with Gasteiger partial charge < -0.3 is 15.5 Å². The number of hydrogen-bond donors (Lipinski definition) is 2. The molecule has 2 amide bonds. The van der Waals surface area contributed by atoms with Crippen molar-refractivity contribution in [3.8, 4) is 0 Å². The zero-order valence-corrected chi connectivity index (χ0v) is 14.4. The highest BCUT2D eigenvalue weighted by atomic mass is 35.5. The molecule has 1 aromatic rings. The third-order valence-electron chi connectivity index (χ3n) is 3.34. The second-order valence-corrected chi connectivity index (χ2v) is 5.80. The summed E-state index contributed by atoms with van der Waals surface area (Å²) in [5, 5.41) is 6.48. The average molecular weight is 367 g/mol. The minimum atomic E-state index is -0.334. The Hall–Kier alpha value is -1.01. The number of nitrogens with one attached hydrogen (secondary N) is 2. The molecule has 1 aliphatic rings. The number of benzene rings is 1. The van der Waals surface area contributed by atoms with Crippen molar-refractivity contribution >= 4 is 53.1 Å². The fraction of sp³-hybridized carbons (Fsp3) is 0.429. The standard InChI is InChI=1S/C14H17Cl2N3O2.ClH/c1-19(14(21)11-6-3-7-17-11)8-12(20)18-13-9(15)4-2-5-10(13)16;/h2,4-5,11,17H,3,6-8H2,1H3,(H,18,20);1H. The van der Waals surface area contributed by atoms with Crippen LogP contribution >= 0.6 is 35.6 Å². The first-order valence-corrected chi connectivity index (χ1v) is 7.47. The van der Waals surface area contributed by atoms with Gasteiger partial charge in [0.2, 0.25) is 11.8 Å². The number of anilines is 1. The summed E-state index contributed by atoms with van der Waals surface area (Å²) in [4.78, 5) is 25.5. The zero-order valence-electron chi connectivity index (χ0n) is 12.1. The fourth-order valence-corrected chi connectivity index (χ4v) is 2.74. The Kier molecular flexibility index (Phi) is 7.42. The number of hydrogen-bond acceptors (Lipinski definition) is 3. The quantitative estimate of drug-likeness (QED) is 0.861. The van der Waals surface area contributed by atoms with Gasteiger partial charge in [-0.2, -0.15) is 0 Å². The Morgan fingerprint density at radius 2 is 2.00 bits per heavy atom. The highest BCUT2D eigenvalue weighted by Gasteiger charge is 2.26. The van der Waals surface area contributed by atoms with Crippen LogP contribution < -0.4 is 10.6 Å². The van der Waals surface area contributed by atoms with E-state index in [1.807, 2.05) is 0 Å². The second kappa shape index (κ2) is 8.58. The van der Waals surface area contributed by atoms with Crippen LogP contribution in [0.2, 0.25) is 10.0 Å². The van der Waals surface area contributed by atoms with Crippen molar-refractivity contribution in [2.75, 3.05) is 25.5 Å². The lowest BCUT2D eigenvalue weighted by molar-refractivity contribution is -0.134. The predicted octanol–water partition coefficient (Wildman–Crippen LogP) is 2.56. The van der Waals surface area contributed by atoms with Gasteiger partial charge in [0.15, 0.2) is 0 Å². The summed E-state index contributed by atoms with van der Waals surface area (Å²) in [7, 11) is 1.61. The van der Waals surface area contributed by atoms with Crippen molar-refractivity contribution < 1.29 is 9.59 Å². The lowest BCUT2D eigenvalue weighted by Crippen LogP contribution is -2.44. The molecule has 122 valence electrons. The van der Waals surface area contributed by atoms with Crippen molar-refractivity contribution in [1.29, 1.82) is 0 Å². The smallest absolute Gasteiger partial charge is 0.244 e. The minimum Gasteiger partial charge on any atom is -0.335 e. The molecule has 22 heavy (non-hydrogen) atoms. The summed E-state index contributed by atoms with van der Waals surface area (Å²) in [6.45, 7) is 0.796. The molecule has 2 N–H and O–H groups in total. The van der Waals surface area contributed by atoms with Crippen LogP contribution in [0.3, 0.4) is 0 Å². The molecule has 0 aliphatic carbocycles. The SMILES string of the molecule is CN(CC(=O)Nc1c(Cl)cccc1Cl)C(=O)C1CCCN1.Cl. The third-order valence-corrected chi connectivity index (χ3v) is 3.97. The summed E-state index contributed by atoms with van der Waals surface area (Å²) >= 11 is 12.0. The van der Waals surface area contributed by atoms with Gasteiger partial charge in [0.25, 0.3) is 0 Å². The third kappa shape index (κ3) is 4.74. The van der Waals surface area contributed by atoms with E-state index in [9.17, 15) is 9.59 Å². The number of likely N-dealkylation sites (N-methyl/N-ethyl adjacent to an activating group) is 1. The van der Waals surface area contributed by atoms with Gasteiger partial charge in [-0.1, -0.05) is 29.3 Å². The van der Waals surface area contributed by atoms with Crippen LogP contribution in [-0.2, 0) is 9.59 Å². The lowest BCUT2D eigenvalue weighted by atomic mass is 10.2. The van der Waals surface area contributed by atoms with Crippen LogP contribution in [0.5, 0.6) is 0 Å². The molecule has 1 aliphatic heterocycles. The van der Waals surface area contributed by atoms with E-state index in [4.69, 9.17) is 23.2 Å². The average Bonchev–Trinajstić information content (AvgIpc) is 2.96. The number of carbonyl (C=O) groups is 2. The number of halogens is 3. The Morgan fingerprint density at radius 3 is 2.55 bits per heavy atom. The maximum atomic E-state index is 12.1. The molecule has 1 unspecified atom stereocenters. The molecule has 1 heterocycles. The van der Waals surface area contributed by atoms with E-state index in [1.165, 1.54) is 4.90 Å². The van der Waals surface area contributed by atoms with Crippen LogP contribution in [0.1, 0.15) is 12.8 Å². The maximum absolute atomic E-state index is 12.1. The van der Waals surface area contributed by atoms with Gasteiger partial charge in [-0.25, -0.2) is 0 Å². The van der Waals surface area contributed by atoms with Gasteiger partial charge in [-0.3, -0.25) is 9.59 Å². The summed E-state index contributed by atoms with van der Waals surface area (Å²) < 4.78 is 0. The van der Waals surface area contributed by atoms with Crippen molar-refractivity contribution in [3.05, 3.63) is 28.2 Å². The molecule has 8 heteroatoms. The molecular formula is C14H18Cl3N3O2. The zero-order chi connectivity index (χ0) is 15.4. The molecule has 1 fully saturated rings. The van der Waals surface area contributed by atoms with E-state index in [0.717, 1.165) is 19.4 Å². The van der Waals surface area contributed by atoms with Crippen molar-refractivity contribution in [2.45, 2.75) is 18.9 Å². The summed E-state index contributed by atoms with van der Waals surface area (Å²) in [6.07, 6.45) is 1.78. The highest BCUT2D eigenvalue weighted by molar-refractivity contribution is 6.39. The minimum absolute atomic E-state index is 0. The van der Waals surface area contributed by atoms with E-state index in [0.29, 0.717) is 15.7 Å². The predicted molar refractivity (Wildman–Crippen MR) is 91.0 cm³/mol. The molecule has 1 aromatic carbocycles. The van der Waals surface area contributed by atoms with Gasteiger partial charge in [0.1, 0.15) is 0 Å². The van der Waals surface area contributed by atoms with Crippen molar-refractivity contribution in [3.63, 3.8) is 0 Å². The Morgan fingerprint density at radius 1 is 1.36 bits per heavy atom. The molecule has 0 saturated carbocycles. The molecule has 1 atom stereocenters. The topological polar surface area (TPSA) is 61.4 Å². The molecule has 0 bridgehead atoms. The molecular weight excluding hydrogens is 349 g/mol. The molecule has 5 nitrogen and oxygen atoms in total. The number of carbonyl (C=O) groups excluding carboxylic acids is 2. The van der Waals surface area contributed by atoms with E-state index in [1.54, 1.807) is 25.2 Å². The maximum Gasteiger partial charge on any atom is 0.244 e. The van der Waals surface area contributed by atoms with Gasteiger partial charge in [-0.05, 0) is 31.5 Å². The summed E-state index contributed by atoms with van der Waals surface area (Å²) in [6, 6.07) is 4.79. The number of rotatable bonds is 4. The van der Waals surface area contributed by atoms with E-state index in [-0.39, 0.29) is 36.8 Å². The van der Waals surface area contributed by atoms with Crippen molar-refractivity contribution in [2.24, 2.45) is 0 Å². The van der Waals surface area contributed by atoms with Crippen LogP contribution in [0.4, 0.5) is 5.69 Å². The summed E-state index contributed by atoms with van der Waals surface area (Å²) in [5.74, 6) is -0.410. The second-order valence-electron chi connectivity index (χ2n) is 4.99. The Bertz CT molecular complexity index is 528. The van der Waals surface area contributed by atoms with Gasteiger partial charge in [0.05, 0.1) is 28.3 Å². The van der Waals surface area contributed by atoms with Crippen LogP contribution in [0.25, 0.3) is 0 Å². The first-order valence-electron chi connectivity index (χ1n) is 6.71.